The number of fused-ring (bicyclic) bond motifs is 1. The third-order valence-electron chi connectivity index (χ3n) is 3.09. The summed E-state index contributed by atoms with van der Waals surface area (Å²) < 4.78 is 0. The third kappa shape index (κ3) is 2.59. The molecular weight excluding hydrogens is 242 g/mol. The Morgan fingerprint density at radius 3 is 2.58 bits per heavy atom. The van der Waals surface area contributed by atoms with Crippen molar-refractivity contribution in [2.45, 2.75) is 19.9 Å². The van der Waals surface area contributed by atoms with Crippen molar-refractivity contribution in [2.75, 3.05) is 0 Å². The molecule has 19 heavy (non-hydrogen) atoms. The Hall–Kier alpha value is -2.30. The van der Waals surface area contributed by atoms with E-state index in [9.17, 15) is 9.59 Å². The van der Waals surface area contributed by atoms with Crippen molar-refractivity contribution in [1.29, 1.82) is 0 Å². The van der Waals surface area contributed by atoms with Crippen molar-refractivity contribution < 1.29 is 9.59 Å². The molecule has 1 heterocycles. The number of aromatic nitrogens is 1. The quantitative estimate of drug-likeness (QED) is 0.775. The monoisotopic (exact) mass is 259 g/mol. The molecule has 0 saturated heterocycles. The number of benzene rings is 1. The first kappa shape index (κ1) is 13.1. The van der Waals surface area contributed by atoms with Crippen molar-refractivity contribution in [3.63, 3.8) is 0 Å². The molecule has 1 aromatic carbocycles. The Morgan fingerprint density at radius 2 is 1.95 bits per heavy atom. The molecule has 2 aromatic rings. The van der Waals surface area contributed by atoms with E-state index in [1.165, 1.54) is 0 Å². The summed E-state index contributed by atoms with van der Waals surface area (Å²) in [5.41, 5.74) is 6.69. The van der Waals surface area contributed by atoms with Crippen molar-refractivity contribution in [3.05, 3.63) is 36.0 Å². The topological polar surface area (TPSA) is 88.0 Å². The van der Waals surface area contributed by atoms with E-state index < -0.39 is 11.9 Å². The molecule has 0 unspecified atom stereocenters. The molecule has 1 aromatic heterocycles. The molecule has 4 N–H and O–H groups in total. The Labute approximate surface area is 111 Å². The molecule has 2 rings (SSSR count). The lowest BCUT2D eigenvalue weighted by molar-refractivity contribution is -0.120. The fourth-order valence-corrected chi connectivity index (χ4v) is 2.04. The van der Waals surface area contributed by atoms with Crippen LogP contribution in [0.5, 0.6) is 0 Å². The Balaban J connectivity index is 2.27. The van der Waals surface area contributed by atoms with Crippen LogP contribution in [0, 0.1) is 5.92 Å². The zero-order valence-electron chi connectivity index (χ0n) is 10.9. The van der Waals surface area contributed by atoms with Crippen LogP contribution in [-0.2, 0) is 4.79 Å². The van der Waals surface area contributed by atoms with Gasteiger partial charge in [0.05, 0.1) is 5.56 Å². The maximum atomic E-state index is 12.2. The molecule has 0 saturated carbocycles. The minimum atomic E-state index is -0.666. The molecule has 2 amide bonds. The first-order chi connectivity index (χ1) is 9.00. The number of amides is 2. The molecule has 0 aliphatic rings. The smallest absolute Gasteiger partial charge is 0.254 e. The Morgan fingerprint density at radius 1 is 1.26 bits per heavy atom. The lowest BCUT2D eigenvalue weighted by Crippen LogP contribution is -2.47. The summed E-state index contributed by atoms with van der Waals surface area (Å²) in [7, 11) is 0. The predicted molar refractivity (Wildman–Crippen MR) is 73.6 cm³/mol. The van der Waals surface area contributed by atoms with Crippen LogP contribution in [0.15, 0.2) is 30.5 Å². The molecule has 100 valence electrons. The number of nitrogens with one attached hydrogen (secondary N) is 2. The molecule has 0 radical (unpaired) electrons. The minimum absolute atomic E-state index is 0.0494. The number of rotatable bonds is 4. The highest BCUT2D eigenvalue weighted by Gasteiger charge is 2.23. The Kier molecular flexibility index (Phi) is 3.55. The number of para-hydroxylation sites is 1. The van der Waals surface area contributed by atoms with Gasteiger partial charge in [-0.15, -0.1) is 0 Å². The number of hydrogen-bond acceptors (Lipinski definition) is 2. The number of aromatic amines is 1. The lowest BCUT2D eigenvalue weighted by atomic mass is 10.0. The molecule has 5 heteroatoms. The lowest BCUT2D eigenvalue weighted by Gasteiger charge is -2.18. The number of primary amides is 1. The van der Waals surface area contributed by atoms with Gasteiger partial charge in [0.2, 0.25) is 5.91 Å². The summed E-state index contributed by atoms with van der Waals surface area (Å²) in [5, 5.41) is 3.50. The van der Waals surface area contributed by atoms with Crippen LogP contribution in [-0.4, -0.2) is 22.8 Å². The summed E-state index contributed by atoms with van der Waals surface area (Å²) >= 11 is 0. The van der Waals surface area contributed by atoms with Gasteiger partial charge in [0, 0.05) is 17.1 Å². The van der Waals surface area contributed by atoms with E-state index in [1.54, 1.807) is 6.20 Å². The van der Waals surface area contributed by atoms with Gasteiger partial charge < -0.3 is 16.0 Å². The maximum absolute atomic E-state index is 12.2. The zero-order valence-corrected chi connectivity index (χ0v) is 10.9. The third-order valence-corrected chi connectivity index (χ3v) is 3.09. The maximum Gasteiger partial charge on any atom is 0.254 e. The van der Waals surface area contributed by atoms with Gasteiger partial charge in [0.15, 0.2) is 0 Å². The SMILES string of the molecule is CC(C)[C@H](NC(=O)c1c[nH]c2ccccc12)C(N)=O. The van der Waals surface area contributed by atoms with E-state index in [0.29, 0.717) is 5.56 Å². The second kappa shape index (κ2) is 5.14. The van der Waals surface area contributed by atoms with Crippen LogP contribution in [0.3, 0.4) is 0 Å². The summed E-state index contributed by atoms with van der Waals surface area (Å²) in [4.78, 5) is 26.5. The van der Waals surface area contributed by atoms with Crippen molar-refractivity contribution in [1.82, 2.24) is 10.3 Å². The van der Waals surface area contributed by atoms with Crippen LogP contribution in [0.4, 0.5) is 0 Å². The summed E-state index contributed by atoms with van der Waals surface area (Å²) in [5.74, 6) is -0.871. The van der Waals surface area contributed by atoms with E-state index in [1.807, 2.05) is 38.1 Å². The number of nitrogens with two attached hydrogens (primary N) is 1. The van der Waals surface area contributed by atoms with Crippen LogP contribution >= 0.6 is 0 Å². The van der Waals surface area contributed by atoms with Gasteiger partial charge in [0.25, 0.3) is 5.91 Å². The zero-order chi connectivity index (χ0) is 14.0. The van der Waals surface area contributed by atoms with E-state index in [4.69, 9.17) is 5.73 Å². The van der Waals surface area contributed by atoms with Crippen molar-refractivity contribution >= 4 is 22.7 Å². The molecule has 5 nitrogen and oxygen atoms in total. The molecule has 0 aliphatic heterocycles. The molecule has 0 aliphatic carbocycles. The van der Waals surface area contributed by atoms with E-state index in [-0.39, 0.29) is 11.8 Å². The highest BCUT2D eigenvalue weighted by molar-refractivity contribution is 6.07. The van der Waals surface area contributed by atoms with E-state index >= 15 is 0 Å². The van der Waals surface area contributed by atoms with Crippen molar-refractivity contribution in [3.8, 4) is 0 Å². The number of carbonyl (C=O) groups is 2. The van der Waals surface area contributed by atoms with Gasteiger partial charge in [-0.05, 0) is 12.0 Å². The van der Waals surface area contributed by atoms with Crippen LogP contribution in [0.25, 0.3) is 10.9 Å². The first-order valence-electron chi connectivity index (χ1n) is 6.17. The van der Waals surface area contributed by atoms with Gasteiger partial charge >= 0.3 is 0 Å². The summed E-state index contributed by atoms with van der Waals surface area (Å²) in [6.07, 6.45) is 1.64. The molecule has 0 fully saturated rings. The van der Waals surface area contributed by atoms with Crippen molar-refractivity contribution in [2.24, 2.45) is 11.7 Å². The molecular formula is C14H17N3O2. The predicted octanol–water partition coefficient (Wildman–Crippen LogP) is 1.41. The normalized spacial score (nSPS) is 12.6. The largest absolute Gasteiger partial charge is 0.368 e. The van der Waals surface area contributed by atoms with E-state index in [0.717, 1.165) is 10.9 Å². The van der Waals surface area contributed by atoms with E-state index in [2.05, 4.69) is 10.3 Å². The van der Waals surface area contributed by atoms with Gasteiger partial charge in [-0.2, -0.15) is 0 Å². The fourth-order valence-electron chi connectivity index (χ4n) is 2.04. The van der Waals surface area contributed by atoms with Gasteiger partial charge in [-0.25, -0.2) is 0 Å². The van der Waals surface area contributed by atoms with Crippen LogP contribution < -0.4 is 11.1 Å². The average molecular weight is 259 g/mol. The summed E-state index contributed by atoms with van der Waals surface area (Å²) in [6.45, 7) is 3.68. The standard InChI is InChI=1S/C14H17N3O2/c1-8(2)12(13(15)18)17-14(19)10-7-16-11-6-4-3-5-9(10)11/h3-8,12,16H,1-2H3,(H2,15,18)(H,17,19)/t12-/m0/s1. The highest BCUT2D eigenvalue weighted by Crippen LogP contribution is 2.17. The molecule has 1 atom stereocenters. The van der Waals surface area contributed by atoms with Gasteiger partial charge in [-0.3, -0.25) is 9.59 Å². The van der Waals surface area contributed by atoms with Gasteiger partial charge in [0.1, 0.15) is 6.04 Å². The highest BCUT2D eigenvalue weighted by atomic mass is 16.2. The number of carbonyl (C=O) groups excluding carboxylic acids is 2. The fraction of sp³-hybridized carbons (Fsp3) is 0.286. The van der Waals surface area contributed by atoms with Gasteiger partial charge in [-0.1, -0.05) is 32.0 Å². The number of H-pyrrole nitrogens is 1. The Bertz CT molecular complexity index is 616. The van der Waals surface area contributed by atoms with Crippen LogP contribution in [0.1, 0.15) is 24.2 Å². The second-order valence-corrected chi connectivity index (χ2v) is 4.85. The van der Waals surface area contributed by atoms with Crippen LogP contribution in [0.2, 0.25) is 0 Å². The molecule has 0 spiro atoms. The second-order valence-electron chi connectivity index (χ2n) is 4.85. The minimum Gasteiger partial charge on any atom is -0.368 e. The first-order valence-corrected chi connectivity index (χ1v) is 6.17. The summed E-state index contributed by atoms with van der Waals surface area (Å²) in [6, 6.07) is 6.83. The number of hydrogen-bond donors (Lipinski definition) is 3. The molecule has 0 bridgehead atoms. The average Bonchev–Trinajstić information content (AvgIpc) is 2.78.